The first-order chi connectivity index (χ1) is 12.6. The molecule has 3 heteroatoms. The van der Waals surface area contributed by atoms with E-state index < -0.39 is 0 Å². The molecule has 1 aromatic rings. The van der Waals surface area contributed by atoms with Gasteiger partial charge in [-0.2, -0.15) is 0 Å². The first-order valence-electron chi connectivity index (χ1n) is 9.66. The van der Waals surface area contributed by atoms with Crippen LogP contribution in [-0.2, 0) is 0 Å². The molecular weight excluding hydrogens is 336 g/mol. The molecule has 0 radical (unpaired) electrons. The maximum atomic E-state index is 4.53. The summed E-state index contributed by atoms with van der Waals surface area (Å²) in [5.74, 6) is 1.09. The number of rotatable bonds is 11. The molecule has 0 aliphatic rings. The predicted octanol–water partition coefficient (Wildman–Crippen LogP) is 7.29. The fourth-order valence-corrected chi connectivity index (χ4v) is 3.07. The zero-order valence-corrected chi connectivity index (χ0v) is 18.0. The van der Waals surface area contributed by atoms with Gasteiger partial charge in [-0.25, -0.2) is 0 Å². The largest absolute Gasteiger partial charge is 0.381 e. The Bertz CT molecular complexity index is 573. The Morgan fingerprint density at radius 2 is 1.88 bits per heavy atom. The van der Waals surface area contributed by atoms with Gasteiger partial charge in [0.2, 0.25) is 0 Å². The average Bonchev–Trinajstić information content (AvgIpc) is 2.70. The highest BCUT2D eigenvalue weighted by Crippen LogP contribution is 2.25. The Labute approximate surface area is 165 Å². The van der Waals surface area contributed by atoms with E-state index in [9.17, 15) is 0 Å². The molecule has 2 nitrogen and oxygen atoms in total. The van der Waals surface area contributed by atoms with Gasteiger partial charge in [0.25, 0.3) is 0 Å². The number of thioether (sulfide) groups is 1. The molecule has 0 saturated heterocycles. The van der Waals surface area contributed by atoms with Crippen LogP contribution in [0.3, 0.4) is 0 Å². The van der Waals surface area contributed by atoms with Crippen molar-refractivity contribution in [1.29, 1.82) is 0 Å². The summed E-state index contributed by atoms with van der Waals surface area (Å²) in [7, 11) is 0. The van der Waals surface area contributed by atoms with Gasteiger partial charge in [-0.3, -0.25) is 4.99 Å². The van der Waals surface area contributed by atoms with E-state index in [4.69, 9.17) is 0 Å². The molecule has 0 aliphatic carbocycles. The van der Waals surface area contributed by atoms with Gasteiger partial charge in [0.15, 0.2) is 0 Å². The second-order valence-corrected chi connectivity index (χ2v) is 6.85. The fraction of sp³-hybridized carbons (Fsp3) is 0.435. The van der Waals surface area contributed by atoms with Crippen LogP contribution in [-0.4, -0.2) is 18.0 Å². The van der Waals surface area contributed by atoms with Crippen molar-refractivity contribution in [2.45, 2.75) is 59.9 Å². The van der Waals surface area contributed by atoms with Crippen LogP contribution in [0, 0.1) is 0 Å². The predicted molar refractivity (Wildman–Crippen MR) is 123 cm³/mol. The van der Waals surface area contributed by atoms with Crippen molar-refractivity contribution < 1.29 is 0 Å². The minimum Gasteiger partial charge on any atom is -0.381 e. The zero-order valence-electron chi connectivity index (χ0n) is 17.2. The number of allylic oxidation sites excluding steroid dienone is 2. The zero-order chi connectivity index (χ0) is 19.8. The molecular formula is C23H36N2S. The number of hydrogen-bond donors (Lipinski definition) is 1. The summed E-state index contributed by atoms with van der Waals surface area (Å²) in [5.41, 5.74) is 2.86. The van der Waals surface area contributed by atoms with Gasteiger partial charge in [-0.15, -0.1) is 11.8 Å². The van der Waals surface area contributed by atoms with Crippen molar-refractivity contribution in [2.75, 3.05) is 5.75 Å². The van der Waals surface area contributed by atoms with Crippen molar-refractivity contribution in [3.05, 3.63) is 65.7 Å². The van der Waals surface area contributed by atoms with Crippen LogP contribution < -0.4 is 5.32 Å². The van der Waals surface area contributed by atoms with Crippen molar-refractivity contribution in [3.63, 3.8) is 0 Å². The number of nitrogens with one attached hydrogen (secondary N) is 1. The fourth-order valence-electron chi connectivity index (χ4n) is 1.96. The molecule has 1 unspecified atom stereocenters. The van der Waals surface area contributed by atoms with Gasteiger partial charge < -0.3 is 5.32 Å². The van der Waals surface area contributed by atoms with E-state index in [1.807, 2.05) is 68.2 Å². The molecule has 144 valence electrons. The second kappa shape index (κ2) is 15.5. The summed E-state index contributed by atoms with van der Waals surface area (Å²) in [6, 6.07) is 10.3. The molecule has 1 rings (SSSR count). The normalized spacial score (nSPS) is 12.7. The second-order valence-electron chi connectivity index (χ2n) is 5.72. The lowest BCUT2D eigenvalue weighted by Crippen LogP contribution is -2.26. The quantitative estimate of drug-likeness (QED) is 0.250. The van der Waals surface area contributed by atoms with Crippen LogP contribution in [0.2, 0.25) is 0 Å². The van der Waals surface area contributed by atoms with Crippen molar-refractivity contribution in [3.8, 4) is 0 Å². The molecule has 1 atom stereocenters. The molecule has 0 fully saturated rings. The molecule has 0 bridgehead atoms. The Balaban J connectivity index is 0.00000301. The van der Waals surface area contributed by atoms with Crippen LogP contribution in [0.5, 0.6) is 0 Å². The molecule has 0 aromatic heterocycles. The molecule has 0 amide bonds. The molecule has 1 N–H and O–H groups in total. The molecule has 1 aromatic carbocycles. The Morgan fingerprint density at radius 1 is 1.23 bits per heavy atom. The van der Waals surface area contributed by atoms with Crippen LogP contribution in [0.15, 0.2) is 70.7 Å². The van der Waals surface area contributed by atoms with Crippen LogP contribution >= 0.6 is 11.8 Å². The lowest BCUT2D eigenvalue weighted by molar-refractivity contribution is 0.602. The summed E-state index contributed by atoms with van der Waals surface area (Å²) in [4.78, 5) is 5.68. The third kappa shape index (κ3) is 9.67. The van der Waals surface area contributed by atoms with Gasteiger partial charge in [0.1, 0.15) is 0 Å². The van der Waals surface area contributed by atoms with E-state index in [2.05, 4.69) is 44.2 Å². The number of benzene rings is 1. The Morgan fingerprint density at radius 3 is 2.42 bits per heavy atom. The van der Waals surface area contributed by atoms with Crippen molar-refractivity contribution in [2.24, 2.45) is 4.99 Å². The van der Waals surface area contributed by atoms with Gasteiger partial charge in [-0.05, 0) is 37.7 Å². The summed E-state index contributed by atoms with van der Waals surface area (Å²) < 4.78 is 0. The van der Waals surface area contributed by atoms with Crippen molar-refractivity contribution >= 4 is 23.7 Å². The maximum absolute atomic E-state index is 4.53. The Hall–Kier alpha value is -1.74. The number of nitrogens with zero attached hydrogens (tertiary/aromatic N) is 1. The topological polar surface area (TPSA) is 24.4 Å². The highest BCUT2D eigenvalue weighted by atomic mass is 32.2. The van der Waals surface area contributed by atoms with E-state index in [1.54, 1.807) is 0 Å². The summed E-state index contributed by atoms with van der Waals surface area (Å²) in [6.07, 6.45) is 7.21. The summed E-state index contributed by atoms with van der Waals surface area (Å²) in [6.45, 7) is 18.8. The molecule has 26 heavy (non-hydrogen) atoms. The minimum atomic E-state index is 0.378. The van der Waals surface area contributed by atoms with E-state index >= 15 is 0 Å². The van der Waals surface area contributed by atoms with Crippen LogP contribution in [0.25, 0.3) is 0 Å². The standard InChI is InChI=1S/C21H30N2S.C2H6/c1-6-9-15-24-20(8-3)21(23-18(5)7-2)17(4)16-22-19-13-11-10-12-14-19;1-2/h8,10-14,16,18,23H,3-4,6-7,9,15H2,1-2,5H3;1-2H3/b21-20-,22-16?;. The van der Waals surface area contributed by atoms with Gasteiger partial charge in [0, 0.05) is 22.7 Å². The lowest BCUT2D eigenvalue weighted by Gasteiger charge is -2.19. The smallest absolute Gasteiger partial charge is 0.0629 e. The van der Waals surface area contributed by atoms with E-state index in [0.29, 0.717) is 6.04 Å². The number of para-hydroxylation sites is 1. The molecule has 0 heterocycles. The molecule has 0 spiro atoms. The van der Waals surface area contributed by atoms with Gasteiger partial charge >= 0.3 is 0 Å². The Kier molecular flexibility index (Phi) is 14.5. The van der Waals surface area contributed by atoms with Crippen LogP contribution in [0.4, 0.5) is 5.69 Å². The monoisotopic (exact) mass is 372 g/mol. The number of hydrogen-bond acceptors (Lipinski definition) is 3. The molecule has 0 saturated carbocycles. The van der Waals surface area contributed by atoms with Gasteiger partial charge in [-0.1, -0.05) is 71.5 Å². The third-order valence-corrected chi connectivity index (χ3v) is 4.81. The lowest BCUT2D eigenvalue weighted by atomic mass is 10.1. The van der Waals surface area contributed by atoms with E-state index in [0.717, 1.165) is 34.0 Å². The highest BCUT2D eigenvalue weighted by Gasteiger charge is 2.10. The van der Waals surface area contributed by atoms with Crippen molar-refractivity contribution in [1.82, 2.24) is 5.32 Å². The third-order valence-electron chi connectivity index (χ3n) is 3.64. The number of unbranched alkanes of at least 4 members (excludes halogenated alkanes) is 1. The van der Waals surface area contributed by atoms with E-state index in [-0.39, 0.29) is 0 Å². The van der Waals surface area contributed by atoms with Crippen LogP contribution in [0.1, 0.15) is 53.9 Å². The SMILES string of the molecule is C=C/C(SCCCC)=C(/NC(C)CC)C(=C)C=Nc1ccccc1.CC. The number of aliphatic imine (C=N–C) groups is 1. The average molecular weight is 373 g/mol. The highest BCUT2D eigenvalue weighted by molar-refractivity contribution is 8.03. The maximum Gasteiger partial charge on any atom is 0.0629 e. The minimum absolute atomic E-state index is 0.378. The summed E-state index contributed by atoms with van der Waals surface area (Å²) in [5, 5.41) is 3.58. The first kappa shape index (κ1) is 24.3. The summed E-state index contributed by atoms with van der Waals surface area (Å²) >= 11 is 1.83. The van der Waals surface area contributed by atoms with Gasteiger partial charge in [0.05, 0.1) is 11.4 Å². The first-order valence-corrected chi connectivity index (χ1v) is 10.6. The van der Waals surface area contributed by atoms with E-state index in [1.165, 1.54) is 12.8 Å². The molecule has 0 aliphatic heterocycles.